The van der Waals surface area contributed by atoms with E-state index in [0.717, 1.165) is 24.2 Å². The Morgan fingerprint density at radius 2 is 2.00 bits per heavy atom. The largest absolute Gasteiger partial charge is 0.489 e. The van der Waals surface area contributed by atoms with Crippen LogP contribution in [0.15, 0.2) is 48.8 Å². The topological polar surface area (TPSA) is 122 Å². The Kier molecular flexibility index (Phi) is 8.94. The molecule has 0 unspecified atom stereocenters. The Balaban J connectivity index is 1.43. The minimum absolute atomic E-state index is 0.153. The second-order valence-electron chi connectivity index (χ2n) is 6.95. The highest BCUT2D eigenvalue weighted by atomic mass is 35.5. The third-order valence-electron chi connectivity index (χ3n) is 4.35. The highest BCUT2D eigenvalue weighted by molar-refractivity contribution is 6.31. The van der Waals surface area contributed by atoms with Crippen molar-refractivity contribution in [1.82, 2.24) is 15.0 Å². The van der Waals surface area contributed by atoms with Crippen LogP contribution < -0.4 is 15.4 Å². The Hall–Kier alpha value is -3.74. The standard InChI is InChI=1S/C23H23ClN6O3/c1-16-4-2-5-18(28-16)6-3-9-32-10-11-33-21-8-7-17(24)12-20(21)29-23(31)30-22-15-26-19(13-25)14-27-22/h2,4-5,7-8,12,14-15H,3,6,9-11H2,1H3,(H2,27,29,30,31). The first-order valence-corrected chi connectivity index (χ1v) is 10.6. The molecule has 2 N–H and O–H groups in total. The molecule has 3 rings (SSSR count). The van der Waals surface area contributed by atoms with Crippen LogP contribution in [0, 0.1) is 18.3 Å². The molecular weight excluding hydrogens is 444 g/mol. The molecule has 0 atom stereocenters. The maximum absolute atomic E-state index is 12.3. The number of halogens is 1. The van der Waals surface area contributed by atoms with Crippen molar-refractivity contribution in [3.63, 3.8) is 0 Å². The van der Waals surface area contributed by atoms with E-state index in [0.29, 0.717) is 36.3 Å². The second kappa shape index (κ2) is 12.3. The van der Waals surface area contributed by atoms with Gasteiger partial charge in [0.15, 0.2) is 11.5 Å². The summed E-state index contributed by atoms with van der Waals surface area (Å²) < 4.78 is 11.4. The first kappa shape index (κ1) is 23.9. The Bertz CT molecular complexity index is 1120. The molecule has 0 aliphatic heterocycles. The van der Waals surface area contributed by atoms with E-state index in [1.807, 2.05) is 31.2 Å². The number of benzene rings is 1. The first-order chi connectivity index (χ1) is 16.0. The average Bonchev–Trinajstić information content (AvgIpc) is 2.80. The van der Waals surface area contributed by atoms with Crippen molar-refractivity contribution >= 4 is 29.1 Å². The lowest BCUT2D eigenvalue weighted by Crippen LogP contribution is -2.21. The van der Waals surface area contributed by atoms with Crippen molar-refractivity contribution in [2.24, 2.45) is 0 Å². The number of nitrogens with zero attached hydrogens (tertiary/aromatic N) is 4. The van der Waals surface area contributed by atoms with E-state index in [9.17, 15) is 4.79 Å². The van der Waals surface area contributed by atoms with Crippen molar-refractivity contribution in [2.75, 3.05) is 30.5 Å². The fourth-order valence-corrected chi connectivity index (χ4v) is 3.02. The number of carbonyl (C=O) groups is 1. The molecule has 10 heteroatoms. The summed E-state index contributed by atoms with van der Waals surface area (Å²) in [6.07, 6.45) is 4.27. The lowest BCUT2D eigenvalue weighted by molar-refractivity contribution is 0.0986. The number of aromatic nitrogens is 3. The summed E-state index contributed by atoms with van der Waals surface area (Å²) in [7, 11) is 0. The summed E-state index contributed by atoms with van der Waals surface area (Å²) in [5, 5.41) is 14.4. The van der Waals surface area contributed by atoms with Gasteiger partial charge in [0.25, 0.3) is 0 Å². The van der Waals surface area contributed by atoms with Crippen LogP contribution in [0.3, 0.4) is 0 Å². The SMILES string of the molecule is Cc1cccc(CCCOCCOc2ccc(Cl)cc2NC(=O)Nc2cnc(C#N)cn2)n1. The number of carbonyl (C=O) groups excluding carboxylic acids is 1. The van der Waals surface area contributed by atoms with Crippen LogP contribution in [0.4, 0.5) is 16.3 Å². The summed E-state index contributed by atoms with van der Waals surface area (Å²) in [5.74, 6) is 0.651. The van der Waals surface area contributed by atoms with Gasteiger partial charge < -0.3 is 14.8 Å². The van der Waals surface area contributed by atoms with Crippen molar-refractivity contribution in [3.05, 3.63) is 70.9 Å². The molecule has 0 fully saturated rings. The van der Waals surface area contributed by atoms with Gasteiger partial charge in [-0.1, -0.05) is 17.7 Å². The number of urea groups is 1. The van der Waals surface area contributed by atoms with Gasteiger partial charge >= 0.3 is 6.03 Å². The molecule has 0 saturated carbocycles. The molecule has 0 radical (unpaired) electrons. The van der Waals surface area contributed by atoms with E-state index in [1.54, 1.807) is 18.2 Å². The summed E-state index contributed by atoms with van der Waals surface area (Å²) in [5.41, 5.74) is 2.61. The second-order valence-corrected chi connectivity index (χ2v) is 7.39. The summed E-state index contributed by atoms with van der Waals surface area (Å²) in [4.78, 5) is 24.6. The number of anilines is 2. The quantitative estimate of drug-likeness (QED) is 0.425. The Morgan fingerprint density at radius 3 is 2.76 bits per heavy atom. The minimum atomic E-state index is -0.554. The van der Waals surface area contributed by atoms with Gasteiger partial charge in [-0.05, 0) is 50.1 Å². The van der Waals surface area contributed by atoms with E-state index in [2.05, 4.69) is 25.6 Å². The first-order valence-electron chi connectivity index (χ1n) is 10.3. The summed E-state index contributed by atoms with van der Waals surface area (Å²) in [6, 6.07) is 12.2. The number of hydrogen-bond donors (Lipinski definition) is 2. The van der Waals surface area contributed by atoms with Gasteiger partial charge in [-0.25, -0.2) is 14.8 Å². The van der Waals surface area contributed by atoms with Gasteiger partial charge in [0.2, 0.25) is 0 Å². The zero-order chi connectivity index (χ0) is 23.5. The molecule has 9 nitrogen and oxygen atoms in total. The Labute approximate surface area is 196 Å². The highest BCUT2D eigenvalue weighted by Crippen LogP contribution is 2.28. The fourth-order valence-electron chi connectivity index (χ4n) is 2.85. The fraction of sp³-hybridized carbons (Fsp3) is 0.261. The summed E-state index contributed by atoms with van der Waals surface area (Å²) in [6.45, 7) is 3.28. The number of aryl methyl sites for hydroxylation is 2. The van der Waals surface area contributed by atoms with Crippen LogP contribution in [0.25, 0.3) is 0 Å². The highest BCUT2D eigenvalue weighted by Gasteiger charge is 2.10. The van der Waals surface area contributed by atoms with Crippen molar-refractivity contribution in [1.29, 1.82) is 5.26 Å². The molecule has 0 aliphatic rings. The number of ether oxygens (including phenoxy) is 2. The van der Waals surface area contributed by atoms with Crippen molar-refractivity contribution < 1.29 is 14.3 Å². The van der Waals surface area contributed by atoms with Gasteiger partial charge in [0, 0.05) is 23.0 Å². The number of nitrogens with one attached hydrogen (secondary N) is 2. The minimum Gasteiger partial charge on any atom is -0.489 e. The molecule has 33 heavy (non-hydrogen) atoms. The monoisotopic (exact) mass is 466 g/mol. The van der Waals surface area contributed by atoms with Crippen molar-refractivity contribution in [2.45, 2.75) is 19.8 Å². The number of hydrogen-bond acceptors (Lipinski definition) is 7. The normalized spacial score (nSPS) is 10.3. The molecule has 170 valence electrons. The third kappa shape index (κ3) is 8.03. The molecule has 0 saturated heterocycles. The van der Waals surface area contributed by atoms with Crippen LogP contribution in [0.5, 0.6) is 5.75 Å². The number of pyridine rings is 1. The lowest BCUT2D eigenvalue weighted by Gasteiger charge is -2.13. The zero-order valence-corrected chi connectivity index (χ0v) is 18.8. The molecule has 3 aromatic rings. The predicted octanol–water partition coefficient (Wildman–Crippen LogP) is 4.38. The van der Waals surface area contributed by atoms with E-state index in [1.165, 1.54) is 12.4 Å². The van der Waals surface area contributed by atoms with Crippen LogP contribution in [-0.2, 0) is 11.2 Å². The smallest absolute Gasteiger partial charge is 0.325 e. The van der Waals surface area contributed by atoms with Gasteiger partial charge in [-0.2, -0.15) is 5.26 Å². The van der Waals surface area contributed by atoms with Gasteiger partial charge in [0.05, 0.1) is 24.7 Å². The number of nitriles is 1. The number of rotatable bonds is 10. The molecular formula is C23H23ClN6O3. The Morgan fingerprint density at radius 1 is 1.12 bits per heavy atom. The maximum atomic E-state index is 12.3. The van der Waals surface area contributed by atoms with E-state index in [-0.39, 0.29) is 11.5 Å². The van der Waals surface area contributed by atoms with Crippen molar-refractivity contribution in [3.8, 4) is 11.8 Å². The van der Waals surface area contributed by atoms with Gasteiger partial charge in [-0.3, -0.25) is 10.3 Å². The van der Waals surface area contributed by atoms with Gasteiger partial charge in [0.1, 0.15) is 18.4 Å². The number of amides is 2. The van der Waals surface area contributed by atoms with Crippen LogP contribution >= 0.6 is 11.6 Å². The third-order valence-corrected chi connectivity index (χ3v) is 4.59. The van der Waals surface area contributed by atoms with E-state index < -0.39 is 6.03 Å². The molecule has 2 aromatic heterocycles. The molecule has 0 bridgehead atoms. The van der Waals surface area contributed by atoms with Crippen LogP contribution in [0.2, 0.25) is 5.02 Å². The van der Waals surface area contributed by atoms with Gasteiger partial charge in [-0.15, -0.1) is 0 Å². The van der Waals surface area contributed by atoms with Crippen LogP contribution in [0.1, 0.15) is 23.5 Å². The summed E-state index contributed by atoms with van der Waals surface area (Å²) >= 11 is 6.06. The predicted molar refractivity (Wildman–Crippen MR) is 124 cm³/mol. The molecule has 0 spiro atoms. The zero-order valence-electron chi connectivity index (χ0n) is 18.0. The molecule has 1 aromatic carbocycles. The lowest BCUT2D eigenvalue weighted by atomic mass is 10.2. The molecule has 2 heterocycles. The van der Waals surface area contributed by atoms with Crippen LogP contribution in [-0.4, -0.2) is 40.8 Å². The van der Waals surface area contributed by atoms with E-state index in [4.69, 9.17) is 26.3 Å². The molecule has 2 amide bonds. The maximum Gasteiger partial charge on any atom is 0.325 e. The molecule has 0 aliphatic carbocycles. The average molecular weight is 467 g/mol. The van der Waals surface area contributed by atoms with E-state index >= 15 is 0 Å².